The number of rotatable bonds is 3. The van der Waals surface area contributed by atoms with Crippen LogP contribution in [0, 0.1) is 0 Å². The van der Waals surface area contributed by atoms with Crippen molar-refractivity contribution in [3.8, 4) is 0 Å². The zero-order valence-electron chi connectivity index (χ0n) is 5.27. The Bertz CT molecular complexity index is 106. The molecule has 0 amide bonds. The van der Waals surface area contributed by atoms with Gasteiger partial charge in [0.25, 0.3) is 0 Å². The molecule has 0 fully saturated rings. The van der Waals surface area contributed by atoms with Crippen molar-refractivity contribution in [3.63, 3.8) is 0 Å². The number of hydrogen-bond donors (Lipinski definition) is 4. The molecule has 10 heavy (non-hydrogen) atoms. The summed E-state index contributed by atoms with van der Waals surface area (Å²) in [7, 11) is 0. The van der Waals surface area contributed by atoms with Crippen LogP contribution in [0.15, 0.2) is 0 Å². The molecular weight excluding hydrogens is 168 g/mol. The van der Waals surface area contributed by atoms with Crippen LogP contribution in [-0.2, 0) is 4.79 Å². The number of carboxylic acids is 1. The Hall–Kier alpha value is 0.610. The van der Waals surface area contributed by atoms with Gasteiger partial charge in [-0.3, -0.25) is 0 Å². The van der Waals surface area contributed by atoms with E-state index in [-0.39, 0.29) is 37.7 Å². The van der Waals surface area contributed by atoms with Crippen molar-refractivity contribution in [2.45, 2.75) is 12.2 Å². The van der Waals surface area contributed by atoms with E-state index in [1.54, 1.807) is 0 Å². The molecule has 4 N–H and O–H groups in total. The molecule has 6 heteroatoms. The van der Waals surface area contributed by atoms with Gasteiger partial charge < -0.3 is 20.4 Å². The predicted octanol–water partition coefficient (Wildman–Crippen LogP) is -2.60. The Labute approximate surface area is 87.3 Å². The molecule has 56 valence electrons. The van der Waals surface area contributed by atoms with Crippen molar-refractivity contribution in [1.29, 1.82) is 0 Å². The second kappa shape index (κ2) is 6.33. The van der Waals surface area contributed by atoms with Crippen LogP contribution in [0.25, 0.3) is 0 Å². The molecule has 5 nitrogen and oxygen atoms in total. The van der Waals surface area contributed by atoms with E-state index in [1.807, 2.05) is 0 Å². The summed E-state index contributed by atoms with van der Waals surface area (Å²) in [4.78, 5) is 9.78. The Balaban J connectivity index is 0. The van der Waals surface area contributed by atoms with Crippen LogP contribution >= 0.6 is 0 Å². The van der Waals surface area contributed by atoms with Gasteiger partial charge in [-0.05, 0) is 0 Å². The van der Waals surface area contributed by atoms with Gasteiger partial charge >= 0.3 is 5.97 Å². The molecule has 0 aliphatic rings. The summed E-state index contributed by atoms with van der Waals surface area (Å²) in [5.74, 6) is -1.54. The van der Waals surface area contributed by atoms with E-state index in [0.717, 1.165) is 0 Å². The fraction of sp³-hybridized carbons (Fsp3) is 0.750. The zero-order chi connectivity index (χ0) is 7.44. The third-order valence-corrected chi connectivity index (χ3v) is 0.805. The number of hydrogen-bond acceptors (Lipinski definition) is 4. The molecule has 0 aromatic heterocycles. The molecule has 0 saturated carbocycles. The summed E-state index contributed by atoms with van der Waals surface area (Å²) >= 11 is 0. The molecule has 0 rings (SSSR count). The van der Waals surface area contributed by atoms with Gasteiger partial charge in [-0.2, -0.15) is 0 Å². The summed E-state index contributed by atoms with van der Waals surface area (Å²) in [5.41, 5.74) is 0. The molecule has 0 bridgehead atoms. The Morgan fingerprint density at radius 3 is 1.90 bits per heavy atom. The average molecular weight is 176 g/mol. The molecule has 0 aliphatic heterocycles. The van der Waals surface area contributed by atoms with Crippen molar-refractivity contribution in [2.24, 2.45) is 0 Å². The van der Waals surface area contributed by atoms with Crippen LogP contribution in [-0.4, -0.2) is 82.9 Å². The first-order valence-electron chi connectivity index (χ1n) is 2.29. The quantitative estimate of drug-likeness (QED) is 0.354. The third kappa shape index (κ3) is 4.43. The molecule has 0 aromatic carbocycles. The van der Waals surface area contributed by atoms with E-state index in [4.69, 9.17) is 20.4 Å². The van der Waals surface area contributed by atoms with E-state index in [9.17, 15) is 4.79 Å². The monoisotopic (exact) mass is 176 g/mol. The molecule has 0 unspecified atom stereocenters. The fourth-order valence-electron chi connectivity index (χ4n) is 0.264. The van der Waals surface area contributed by atoms with Crippen LogP contribution < -0.4 is 0 Å². The Kier molecular flexibility index (Phi) is 8.36. The molecule has 2 radical (unpaired) electrons. The predicted molar refractivity (Wildman–Crippen MR) is 32.5 cm³/mol. The number of aliphatic carboxylic acids is 1. The minimum atomic E-state index is -1.89. The van der Waals surface area contributed by atoms with Crippen LogP contribution in [0.4, 0.5) is 0 Å². The smallest absolute Gasteiger partial charge is 0.335 e. The molecule has 0 heterocycles. The molecule has 0 spiro atoms. The maximum atomic E-state index is 9.78. The van der Waals surface area contributed by atoms with Crippen molar-refractivity contribution in [3.05, 3.63) is 0 Å². The van der Waals surface area contributed by atoms with Gasteiger partial charge in [0.15, 0.2) is 6.10 Å². The fourth-order valence-corrected chi connectivity index (χ4v) is 0.264. The van der Waals surface area contributed by atoms with Gasteiger partial charge in [-0.1, -0.05) is 0 Å². The topological polar surface area (TPSA) is 98.0 Å². The van der Waals surface area contributed by atoms with Crippen molar-refractivity contribution in [2.75, 3.05) is 6.61 Å². The normalized spacial score (nSPS) is 15.1. The number of aliphatic hydroxyl groups excluding tert-OH is 3. The minimum Gasteiger partial charge on any atom is -0.479 e. The van der Waals surface area contributed by atoms with Crippen molar-refractivity contribution >= 4 is 43.7 Å². The average Bonchev–Trinajstić information content (AvgIpc) is 1.84. The molecular formula is C4H8CaO5. The second-order valence-corrected chi connectivity index (χ2v) is 1.53. The molecule has 0 aliphatic carbocycles. The summed E-state index contributed by atoms with van der Waals surface area (Å²) in [6.07, 6.45) is -3.49. The Morgan fingerprint density at radius 2 is 1.80 bits per heavy atom. The first-order valence-corrected chi connectivity index (χ1v) is 2.29. The number of carbonyl (C=O) groups is 1. The maximum absolute atomic E-state index is 9.78. The third-order valence-electron chi connectivity index (χ3n) is 0.805. The van der Waals surface area contributed by atoms with Gasteiger partial charge in [0.05, 0.1) is 6.61 Å². The van der Waals surface area contributed by atoms with Gasteiger partial charge in [0, 0.05) is 37.7 Å². The second-order valence-electron chi connectivity index (χ2n) is 1.53. The maximum Gasteiger partial charge on any atom is 0.335 e. The van der Waals surface area contributed by atoms with Crippen molar-refractivity contribution < 1.29 is 25.2 Å². The molecule has 0 saturated heterocycles. The first kappa shape index (κ1) is 13.2. The number of carboxylic acid groups (broad SMARTS) is 1. The van der Waals surface area contributed by atoms with Gasteiger partial charge in [-0.15, -0.1) is 0 Å². The van der Waals surface area contributed by atoms with Gasteiger partial charge in [0.2, 0.25) is 0 Å². The van der Waals surface area contributed by atoms with Crippen LogP contribution in [0.5, 0.6) is 0 Å². The van der Waals surface area contributed by atoms with Crippen LogP contribution in [0.1, 0.15) is 0 Å². The minimum absolute atomic E-state index is 0. The largest absolute Gasteiger partial charge is 0.479 e. The van der Waals surface area contributed by atoms with E-state index < -0.39 is 24.8 Å². The first-order chi connectivity index (χ1) is 4.09. The van der Waals surface area contributed by atoms with E-state index in [2.05, 4.69) is 0 Å². The van der Waals surface area contributed by atoms with Crippen molar-refractivity contribution in [1.82, 2.24) is 0 Å². The summed E-state index contributed by atoms with van der Waals surface area (Å²) < 4.78 is 0. The summed E-state index contributed by atoms with van der Waals surface area (Å²) in [6, 6.07) is 0. The summed E-state index contributed by atoms with van der Waals surface area (Å²) in [6.45, 7) is -0.756. The Morgan fingerprint density at radius 1 is 1.40 bits per heavy atom. The molecule has 0 aromatic rings. The van der Waals surface area contributed by atoms with E-state index in [1.165, 1.54) is 0 Å². The van der Waals surface area contributed by atoms with E-state index in [0.29, 0.717) is 0 Å². The SMILES string of the molecule is O=C(O)[C@H](O)[C@@H](O)CO.[Ca]. The van der Waals surface area contributed by atoms with Crippen LogP contribution in [0.3, 0.4) is 0 Å². The standard InChI is InChI=1S/C4H8O5.Ca/c5-1-2(6)3(7)4(8)9;/h2-3,5-7H,1H2,(H,8,9);/t2-,3+;/m0./s1. The van der Waals surface area contributed by atoms with Gasteiger partial charge in [0.1, 0.15) is 6.10 Å². The summed E-state index contributed by atoms with van der Waals surface area (Å²) in [5, 5.41) is 32.8. The van der Waals surface area contributed by atoms with Crippen LogP contribution in [0.2, 0.25) is 0 Å². The zero-order valence-corrected chi connectivity index (χ0v) is 7.47. The molecule has 2 atom stereocenters. The number of aliphatic hydroxyl groups is 3. The van der Waals surface area contributed by atoms with Gasteiger partial charge in [-0.25, -0.2) is 4.79 Å². The van der Waals surface area contributed by atoms with E-state index >= 15 is 0 Å².